The van der Waals surface area contributed by atoms with Crippen molar-refractivity contribution in [2.75, 3.05) is 20.5 Å². The molecule has 0 aliphatic carbocycles. The quantitative estimate of drug-likeness (QED) is 0.312. The predicted octanol–water partition coefficient (Wildman–Crippen LogP) is 4.17. The number of ether oxygens (including phenoxy) is 2. The van der Waals surface area contributed by atoms with Crippen molar-refractivity contribution in [3.63, 3.8) is 0 Å². The van der Waals surface area contributed by atoms with Crippen LogP contribution < -0.4 is 0 Å². The number of aliphatic imine (C=N–C) groups is 1. The number of sulfone groups is 1. The van der Waals surface area contributed by atoms with Crippen LogP contribution in [0.4, 0.5) is 0 Å². The second kappa shape index (κ2) is 9.68. The van der Waals surface area contributed by atoms with Gasteiger partial charge in [0.1, 0.15) is 4.91 Å². The van der Waals surface area contributed by atoms with E-state index in [-0.39, 0.29) is 25.8 Å². The summed E-state index contributed by atoms with van der Waals surface area (Å²) >= 11 is 6.56. The SMILES string of the molecule is COC(=N/C(=C(\C(=S)SC)S(=O)(=O)c1ccccc1)c1ccccc1)OC. The second-order valence-electron chi connectivity index (χ2n) is 5.14. The molecule has 27 heavy (non-hydrogen) atoms. The van der Waals surface area contributed by atoms with E-state index in [1.807, 2.05) is 6.07 Å². The maximum atomic E-state index is 13.4. The summed E-state index contributed by atoms with van der Waals surface area (Å²) in [5, 5.41) is 0. The van der Waals surface area contributed by atoms with E-state index in [9.17, 15) is 8.42 Å². The fraction of sp³-hybridized carbons (Fsp3) is 0.158. The lowest BCUT2D eigenvalue weighted by Gasteiger charge is -2.14. The average molecular weight is 422 g/mol. The first kappa shape index (κ1) is 21.1. The number of thiocarbonyl (C=S) groups is 1. The molecule has 2 aromatic rings. The standard InChI is InChI=1S/C19H19NO4S3/c1-23-19(24-2)20-16(14-10-6-4-7-11-14)17(18(25)26-3)27(21,22)15-12-8-5-9-13-15/h4-13H,1-3H3/b17-16+. The van der Waals surface area contributed by atoms with Crippen molar-refractivity contribution in [1.29, 1.82) is 0 Å². The van der Waals surface area contributed by atoms with Gasteiger partial charge in [-0.3, -0.25) is 0 Å². The topological polar surface area (TPSA) is 65.0 Å². The first-order valence-electron chi connectivity index (χ1n) is 7.80. The van der Waals surface area contributed by atoms with Crippen LogP contribution in [0, 0.1) is 0 Å². The van der Waals surface area contributed by atoms with Crippen molar-refractivity contribution in [3.8, 4) is 0 Å². The Labute approximate surface area is 169 Å². The minimum absolute atomic E-state index is 0.0611. The summed E-state index contributed by atoms with van der Waals surface area (Å²) in [6.07, 6.45) is 1.65. The first-order chi connectivity index (χ1) is 13.0. The van der Waals surface area contributed by atoms with Crippen molar-refractivity contribution >= 4 is 49.8 Å². The molecule has 0 bridgehead atoms. The zero-order chi connectivity index (χ0) is 19.9. The molecule has 0 saturated carbocycles. The summed E-state index contributed by atoms with van der Waals surface area (Å²) in [6.45, 7) is 0. The number of nitrogens with zero attached hydrogens (tertiary/aromatic N) is 1. The highest BCUT2D eigenvalue weighted by Crippen LogP contribution is 2.32. The van der Waals surface area contributed by atoms with Crippen LogP contribution in [0.5, 0.6) is 0 Å². The van der Waals surface area contributed by atoms with Crippen LogP contribution in [0.15, 0.2) is 75.5 Å². The van der Waals surface area contributed by atoms with Crippen molar-refractivity contribution < 1.29 is 17.9 Å². The Kier molecular flexibility index (Phi) is 7.58. The Hall–Kier alpha value is -2.16. The number of hydrogen-bond donors (Lipinski definition) is 0. The van der Waals surface area contributed by atoms with E-state index < -0.39 is 9.84 Å². The van der Waals surface area contributed by atoms with Gasteiger partial charge in [-0.2, -0.15) is 4.99 Å². The number of hydrogen-bond acceptors (Lipinski definition) is 7. The van der Waals surface area contributed by atoms with Crippen LogP contribution in [0.3, 0.4) is 0 Å². The molecule has 2 rings (SSSR count). The Morgan fingerprint density at radius 2 is 1.48 bits per heavy atom. The normalized spacial score (nSPS) is 12.0. The number of benzene rings is 2. The van der Waals surface area contributed by atoms with Crippen LogP contribution in [0.1, 0.15) is 5.56 Å². The summed E-state index contributed by atoms with van der Waals surface area (Å²) in [7, 11) is -1.14. The lowest BCUT2D eigenvalue weighted by molar-refractivity contribution is 0.243. The third-order valence-corrected chi connectivity index (χ3v) is 6.87. The molecule has 0 aromatic heterocycles. The van der Waals surface area contributed by atoms with Gasteiger partial charge in [0.2, 0.25) is 9.84 Å². The lowest BCUT2D eigenvalue weighted by Crippen LogP contribution is -2.14. The fourth-order valence-electron chi connectivity index (χ4n) is 2.25. The van der Waals surface area contributed by atoms with Crippen molar-refractivity contribution in [3.05, 3.63) is 71.1 Å². The third-order valence-electron chi connectivity index (χ3n) is 3.51. The maximum absolute atomic E-state index is 13.4. The second-order valence-corrected chi connectivity index (χ2v) is 8.51. The van der Waals surface area contributed by atoms with E-state index in [2.05, 4.69) is 4.99 Å². The van der Waals surface area contributed by atoms with Gasteiger partial charge in [0.25, 0.3) is 0 Å². The molecule has 0 fully saturated rings. The Balaban J connectivity index is 2.90. The molecule has 0 aliphatic rings. The van der Waals surface area contributed by atoms with Crippen LogP contribution in [-0.4, -0.2) is 39.2 Å². The highest BCUT2D eigenvalue weighted by molar-refractivity contribution is 8.25. The predicted molar refractivity (Wildman–Crippen MR) is 115 cm³/mol. The van der Waals surface area contributed by atoms with Gasteiger partial charge in [0.15, 0.2) is 0 Å². The van der Waals surface area contributed by atoms with Gasteiger partial charge < -0.3 is 9.47 Å². The van der Waals surface area contributed by atoms with E-state index in [1.54, 1.807) is 48.7 Å². The van der Waals surface area contributed by atoms with Crippen molar-refractivity contribution in [2.24, 2.45) is 4.99 Å². The molecule has 0 N–H and O–H groups in total. The molecule has 0 atom stereocenters. The van der Waals surface area contributed by atoms with Crippen LogP contribution in [0.2, 0.25) is 0 Å². The van der Waals surface area contributed by atoms with Gasteiger partial charge in [-0.15, -0.1) is 11.8 Å². The summed E-state index contributed by atoms with van der Waals surface area (Å²) in [5.74, 6) is 0. The number of methoxy groups -OCH3 is 2. The highest BCUT2D eigenvalue weighted by Gasteiger charge is 2.29. The Morgan fingerprint density at radius 3 is 1.96 bits per heavy atom. The molecule has 0 heterocycles. The molecule has 0 aliphatic heterocycles. The maximum Gasteiger partial charge on any atom is 0.388 e. The monoisotopic (exact) mass is 421 g/mol. The molecule has 5 nitrogen and oxygen atoms in total. The molecule has 8 heteroatoms. The van der Waals surface area contributed by atoms with Gasteiger partial charge in [0, 0.05) is 5.56 Å². The molecule has 142 valence electrons. The fourth-order valence-corrected chi connectivity index (χ4v) is 4.93. The molecule has 2 aromatic carbocycles. The molecule has 0 spiro atoms. The van der Waals surface area contributed by atoms with Crippen molar-refractivity contribution in [1.82, 2.24) is 0 Å². The van der Waals surface area contributed by atoms with Crippen LogP contribution in [-0.2, 0) is 19.3 Å². The van der Waals surface area contributed by atoms with Gasteiger partial charge in [-0.1, -0.05) is 60.7 Å². The first-order valence-corrected chi connectivity index (χ1v) is 10.9. The van der Waals surface area contributed by atoms with Gasteiger partial charge >= 0.3 is 6.08 Å². The lowest BCUT2D eigenvalue weighted by atomic mass is 10.1. The summed E-state index contributed by atoms with van der Waals surface area (Å²) in [6, 6.07) is 17.0. The number of rotatable bonds is 5. The number of thioether (sulfide) groups is 1. The van der Waals surface area contributed by atoms with Gasteiger partial charge in [-0.05, 0) is 18.4 Å². The van der Waals surface area contributed by atoms with Crippen molar-refractivity contribution in [2.45, 2.75) is 4.90 Å². The minimum atomic E-state index is -3.92. The molecule has 0 amide bonds. The smallest absolute Gasteiger partial charge is 0.388 e. The average Bonchev–Trinajstić information content (AvgIpc) is 2.71. The zero-order valence-electron chi connectivity index (χ0n) is 15.1. The van der Waals surface area contributed by atoms with Crippen LogP contribution >= 0.6 is 24.0 Å². The highest BCUT2D eigenvalue weighted by atomic mass is 32.2. The largest absolute Gasteiger partial charge is 0.454 e. The Bertz CT molecular complexity index is 947. The summed E-state index contributed by atoms with van der Waals surface area (Å²) in [4.78, 5) is 4.39. The third kappa shape index (κ3) is 4.97. The van der Waals surface area contributed by atoms with E-state index in [0.717, 1.165) is 11.8 Å². The van der Waals surface area contributed by atoms with E-state index in [0.29, 0.717) is 5.56 Å². The van der Waals surface area contributed by atoms with E-state index in [1.165, 1.54) is 26.4 Å². The molecule has 0 unspecified atom stereocenters. The zero-order valence-corrected chi connectivity index (χ0v) is 17.5. The van der Waals surface area contributed by atoms with Gasteiger partial charge in [0.05, 0.1) is 29.0 Å². The molecular formula is C19H19NO4S3. The molecular weight excluding hydrogens is 402 g/mol. The van der Waals surface area contributed by atoms with Gasteiger partial charge in [-0.25, -0.2) is 8.42 Å². The molecule has 0 radical (unpaired) electrons. The molecule has 0 saturated heterocycles. The minimum Gasteiger partial charge on any atom is -0.454 e. The van der Waals surface area contributed by atoms with E-state index >= 15 is 0 Å². The van der Waals surface area contributed by atoms with E-state index in [4.69, 9.17) is 21.7 Å². The summed E-state index contributed by atoms with van der Waals surface area (Å²) < 4.78 is 37.2. The summed E-state index contributed by atoms with van der Waals surface area (Å²) in [5.41, 5.74) is 0.743. The Morgan fingerprint density at radius 1 is 0.963 bits per heavy atom. The van der Waals surface area contributed by atoms with Crippen LogP contribution in [0.25, 0.3) is 5.70 Å².